The fraction of sp³-hybridized carbons (Fsp3) is 0.765. The molecule has 2 heterocycles. The molecule has 0 spiro atoms. The monoisotopic (exact) mass is 466 g/mol. The second-order valence-electron chi connectivity index (χ2n) is 6.94. The van der Waals surface area contributed by atoms with E-state index < -0.39 is 0 Å². The number of hydrogen-bond acceptors (Lipinski definition) is 4. The molecule has 1 aliphatic heterocycles. The van der Waals surface area contributed by atoms with Crippen molar-refractivity contribution in [1.29, 1.82) is 0 Å². The third-order valence-corrected chi connectivity index (χ3v) is 5.29. The molecule has 0 aromatic carbocycles. The van der Waals surface area contributed by atoms with Crippen molar-refractivity contribution in [2.45, 2.75) is 58.6 Å². The Balaban J connectivity index is 0.00000288. The Morgan fingerprint density at radius 1 is 1.42 bits per heavy atom. The van der Waals surface area contributed by atoms with Gasteiger partial charge in [-0.2, -0.15) is 0 Å². The number of halogens is 1. The average Bonchev–Trinajstić information content (AvgIpc) is 2.99. The Labute approximate surface area is 167 Å². The molecule has 0 saturated carbocycles. The van der Waals surface area contributed by atoms with Gasteiger partial charge in [0.15, 0.2) is 5.96 Å². The van der Waals surface area contributed by atoms with E-state index in [1.807, 2.05) is 7.05 Å². The number of nitrogens with zero attached hydrogens (tertiary/aromatic N) is 3. The van der Waals surface area contributed by atoms with Crippen LogP contribution < -0.4 is 5.32 Å². The maximum absolute atomic E-state index is 5.71. The van der Waals surface area contributed by atoms with Gasteiger partial charge in [0.05, 0.1) is 23.4 Å². The van der Waals surface area contributed by atoms with Crippen LogP contribution in [0, 0.1) is 0 Å². The molecule has 0 aliphatic carbocycles. The van der Waals surface area contributed by atoms with Crippen LogP contribution in [0.25, 0.3) is 0 Å². The summed E-state index contributed by atoms with van der Waals surface area (Å²) in [5.74, 6) is 0.963. The first-order valence-electron chi connectivity index (χ1n) is 8.46. The lowest BCUT2D eigenvalue weighted by molar-refractivity contribution is 0.0263. The summed E-state index contributed by atoms with van der Waals surface area (Å²) in [7, 11) is 1.85. The van der Waals surface area contributed by atoms with E-state index in [2.05, 4.69) is 48.3 Å². The highest BCUT2D eigenvalue weighted by molar-refractivity contribution is 14.0. The van der Waals surface area contributed by atoms with Crippen molar-refractivity contribution >= 4 is 41.3 Å². The van der Waals surface area contributed by atoms with Crippen LogP contribution in [-0.4, -0.2) is 48.7 Å². The van der Waals surface area contributed by atoms with Gasteiger partial charge in [0, 0.05) is 37.5 Å². The molecule has 2 rings (SSSR count). The van der Waals surface area contributed by atoms with E-state index in [1.54, 1.807) is 11.3 Å². The first kappa shape index (κ1) is 21.6. The third kappa shape index (κ3) is 6.15. The van der Waals surface area contributed by atoms with Crippen LogP contribution in [0.5, 0.6) is 0 Å². The minimum atomic E-state index is 0. The molecule has 5 nitrogen and oxygen atoms in total. The zero-order valence-corrected chi connectivity index (χ0v) is 18.6. The van der Waals surface area contributed by atoms with E-state index in [1.165, 1.54) is 5.01 Å². The molecule has 1 aromatic heterocycles. The molecule has 138 valence electrons. The number of aromatic nitrogens is 1. The van der Waals surface area contributed by atoms with Crippen molar-refractivity contribution in [2.75, 3.05) is 26.7 Å². The van der Waals surface area contributed by atoms with Crippen LogP contribution in [0.15, 0.2) is 10.4 Å². The summed E-state index contributed by atoms with van der Waals surface area (Å²) >= 11 is 1.74. The number of piperidine rings is 1. The van der Waals surface area contributed by atoms with Crippen molar-refractivity contribution in [1.82, 2.24) is 15.2 Å². The van der Waals surface area contributed by atoms with Gasteiger partial charge in [-0.25, -0.2) is 4.98 Å². The maximum atomic E-state index is 5.71. The van der Waals surface area contributed by atoms with Crippen LogP contribution >= 0.6 is 35.3 Å². The van der Waals surface area contributed by atoms with Crippen LogP contribution in [0.4, 0.5) is 0 Å². The molecule has 0 bridgehead atoms. The molecule has 7 heteroatoms. The van der Waals surface area contributed by atoms with E-state index in [-0.39, 0.29) is 29.4 Å². The lowest BCUT2D eigenvalue weighted by atomic mass is 9.98. The number of likely N-dealkylation sites (tertiary alicyclic amines) is 1. The average molecular weight is 466 g/mol. The van der Waals surface area contributed by atoms with Gasteiger partial charge >= 0.3 is 0 Å². The van der Waals surface area contributed by atoms with Crippen molar-refractivity contribution in [2.24, 2.45) is 4.99 Å². The van der Waals surface area contributed by atoms with Crippen molar-refractivity contribution in [3.63, 3.8) is 0 Å². The van der Waals surface area contributed by atoms with Crippen molar-refractivity contribution < 1.29 is 4.74 Å². The van der Waals surface area contributed by atoms with Gasteiger partial charge < -0.3 is 15.0 Å². The van der Waals surface area contributed by atoms with Crippen LogP contribution in [0.2, 0.25) is 0 Å². The summed E-state index contributed by atoms with van der Waals surface area (Å²) in [6.07, 6.45) is 2.54. The molecule has 1 aromatic rings. The number of hydrogen-bond donors (Lipinski definition) is 1. The Bertz CT molecular complexity index is 519. The number of guanidine groups is 1. The Kier molecular flexibility index (Phi) is 8.94. The summed E-state index contributed by atoms with van der Waals surface area (Å²) in [6.45, 7) is 12.2. The molecule has 1 aliphatic rings. The zero-order valence-electron chi connectivity index (χ0n) is 15.5. The van der Waals surface area contributed by atoms with Crippen LogP contribution in [-0.2, 0) is 16.7 Å². The number of nitrogens with one attached hydrogen (secondary N) is 1. The van der Waals surface area contributed by atoms with E-state index >= 15 is 0 Å². The molecular weight excluding hydrogens is 435 g/mol. The molecule has 1 N–H and O–H groups in total. The predicted octanol–water partition coefficient (Wildman–Crippen LogP) is 3.63. The number of ether oxygens (including phenoxy) is 1. The minimum Gasteiger partial charge on any atom is -0.378 e. The summed E-state index contributed by atoms with van der Waals surface area (Å²) in [5, 5.41) is 6.77. The highest BCUT2D eigenvalue weighted by Gasteiger charge is 2.22. The number of thiazole rings is 1. The van der Waals surface area contributed by atoms with E-state index in [9.17, 15) is 0 Å². The van der Waals surface area contributed by atoms with Crippen molar-refractivity contribution in [3.8, 4) is 0 Å². The molecule has 0 unspecified atom stereocenters. The first-order chi connectivity index (χ1) is 10.9. The maximum Gasteiger partial charge on any atom is 0.193 e. The molecule has 1 saturated heterocycles. The molecule has 0 radical (unpaired) electrons. The molecule has 1 fully saturated rings. The largest absolute Gasteiger partial charge is 0.378 e. The summed E-state index contributed by atoms with van der Waals surface area (Å²) in [4.78, 5) is 11.5. The Morgan fingerprint density at radius 2 is 2.08 bits per heavy atom. The standard InChI is InChI=1S/C17H30N4OS.HI/c1-6-22-14-7-9-21(10-8-14)16(18-5)19-11-13-12-23-15(20-13)17(2,3)4;/h12,14H,6-11H2,1-5H3,(H,18,19);1H. The van der Waals surface area contributed by atoms with Crippen LogP contribution in [0.3, 0.4) is 0 Å². The fourth-order valence-corrected chi connectivity index (χ4v) is 3.61. The second-order valence-corrected chi connectivity index (χ2v) is 7.79. The van der Waals surface area contributed by atoms with Gasteiger partial charge in [-0.1, -0.05) is 20.8 Å². The zero-order chi connectivity index (χ0) is 16.9. The topological polar surface area (TPSA) is 49.8 Å². The summed E-state index contributed by atoms with van der Waals surface area (Å²) < 4.78 is 5.71. The van der Waals surface area contributed by atoms with Gasteiger partial charge in [-0.15, -0.1) is 35.3 Å². The normalized spacial score (nSPS) is 16.9. The van der Waals surface area contributed by atoms with Gasteiger partial charge in [-0.3, -0.25) is 4.99 Å². The van der Waals surface area contributed by atoms with Gasteiger partial charge in [0.1, 0.15) is 0 Å². The lowest BCUT2D eigenvalue weighted by Gasteiger charge is -2.33. The first-order valence-corrected chi connectivity index (χ1v) is 9.34. The lowest BCUT2D eigenvalue weighted by Crippen LogP contribution is -2.46. The highest BCUT2D eigenvalue weighted by Crippen LogP contribution is 2.25. The highest BCUT2D eigenvalue weighted by atomic mass is 127. The minimum absolute atomic E-state index is 0. The van der Waals surface area contributed by atoms with Gasteiger partial charge in [0.2, 0.25) is 0 Å². The summed E-state index contributed by atoms with van der Waals surface area (Å²) in [6, 6.07) is 0. The van der Waals surface area contributed by atoms with E-state index in [4.69, 9.17) is 9.72 Å². The molecular formula is C17H31IN4OS. The smallest absolute Gasteiger partial charge is 0.193 e. The fourth-order valence-electron chi connectivity index (χ4n) is 2.70. The van der Waals surface area contributed by atoms with E-state index in [0.29, 0.717) is 6.10 Å². The van der Waals surface area contributed by atoms with Gasteiger partial charge in [0.25, 0.3) is 0 Å². The van der Waals surface area contributed by atoms with Crippen LogP contribution in [0.1, 0.15) is 51.2 Å². The molecule has 24 heavy (non-hydrogen) atoms. The number of aliphatic imine (C=N–C) groups is 1. The Hall–Kier alpha value is -0.410. The van der Waals surface area contributed by atoms with Crippen molar-refractivity contribution in [3.05, 3.63) is 16.1 Å². The Morgan fingerprint density at radius 3 is 2.58 bits per heavy atom. The second kappa shape index (κ2) is 9.91. The predicted molar refractivity (Wildman–Crippen MR) is 113 cm³/mol. The third-order valence-electron chi connectivity index (χ3n) is 3.98. The summed E-state index contributed by atoms with van der Waals surface area (Å²) in [5.41, 5.74) is 1.21. The molecule has 0 atom stereocenters. The van der Waals surface area contributed by atoms with Gasteiger partial charge in [-0.05, 0) is 19.8 Å². The number of rotatable bonds is 4. The quantitative estimate of drug-likeness (QED) is 0.418. The molecule has 0 amide bonds. The SMILES string of the molecule is CCOC1CCN(C(=NC)NCc2csc(C(C)(C)C)n2)CC1.I. The van der Waals surface area contributed by atoms with E-state index in [0.717, 1.165) is 50.7 Å².